The van der Waals surface area contributed by atoms with Crippen LogP contribution in [0.3, 0.4) is 0 Å². The first kappa shape index (κ1) is 44.9. The van der Waals surface area contributed by atoms with Gasteiger partial charge in [0.2, 0.25) is 0 Å². The number of aryl methyl sites for hydroxylation is 3. The zero-order valence-electron chi connectivity index (χ0n) is 35.4. The molecule has 54 heavy (non-hydrogen) atoms. The summed E-state index contributed by atoms with van der Waals surface area (Å²) in [5, 5.41) is 0. The van der Waals surface area contributed by atoms with Gasteiger partial charge in [0.15, 0.2) is 11.6 Å². The second-order valence-corrected chi connectivity index (χ2v) is 19.4. The normalized spacial score (nSPS) is 14.4. The number of carbonyl (C=O) groups excluding carboxylic acids is 2. The van der Waals surface area contributed by atoms with Crippen LogP contribution >= 0.6 is 22.7 Å². The number of rotatable bonds is 32. The summed E-state index contributed by atoms with van der Waals surface area (Å²) in [5.41, 5.74) is 6.40. The average Bonchev–Trinajstić information content (AvgIpc) is 3.91. The highest BCUT2D eigenvalue weighted by atomic mass is 32.1. The molecule has 0 fully saturated rings. The number of fused-ring (bicyclic) bond motifs is 1. The SMILES string of the molecule is CCCCCCCCCCCCCCCCc1cc(-c2sc(C)cc2CCCCCCCCCCCCCCCC)sc1C1=C2C(=O)CC(C)=C2C(=O)C1. The molecule has 4 heteroatoms. The molecule has 2 nitrogen and oxygen atoms in total. The molecule has 0 spiro atoms. The van der Waals surface area contributed by atoms with Crippen LogP contribution in [0.25, 0.3) is 15.3 Å². The van der Waals surface area contributed by atoms with Gasteiger partial charge in [-0.25, -0.2) is 0 Å². The molecular weight excluding hydrogens is 697 g/mol. The van der Waals surface area contributed by atoms with Crippen LogP contribution in [0.1, 0.15) is 234 Å². The molecule has 4 rings (SSSR count). The van der Waals surface area contributed by atoms with Crippen molar-refractivity contribution >= 4 is 39.8 Å². The highest BCUT2D eigenvalue weighted by Crippen LogP contribution is 2.48. The molecule has 0 amide bonds. The lowest BCUT2D eigenvalue weighted by Gasteiger charge is -2.07. The Morgan fingerprint density at radius 3 is 1.28 bits per heavy atom. The van der Waals surface area contributed by atoms with E-state index in [4.69, 9.17) is 0 Å². The van der Waals surface area contributed by atoms with Crippen molar-refractivity contribution in [3.05, 3.63) is 49.7 Å². The highest BCUT2D eigenvalue weighted by molar-refractivity contribution is 7.23. The van der Waals surface area contributed by atoms with Crippen molar-refractivity contribution in [1.29, 1.82) is 0 Å². The van der Waals surface area contributed by atoms with Gasteiger partial charge in [0.1, 0.15) is 0 Å². The fraction of sp³-hybridized carbons (Fsp3) is 0.720. The fourth-order valence-corrected chi connectivity index (χ4v) is 11.4. The van der Waals surface area contributed by atoms with Crippen LogP contribution in [0, 0.1) is 6.92 Å². The molecule has 2 aliphatic rings. The average molecular weight is 775 g/mol. The van der Waals surface area contributed by atoms with Gasteiger partial charge in [0, 0.05) is 43.5 Å². The predicted molar refractivity (Wildman–Crippen MR) is 239 cm³/mol. The monoisotopic (exact) mass is 775 g/mol. The Labute approximate surface area is 340 Å². The minimum Gasteiger partial charge on any atom is -0.294 e. The lowest BCUT2D eigenvalue weighted by atomic mass is 9.99. The van der Waals surface area contributed by atoms with E-state index >= 15 is 0 Å². The molecule has 0 aliphatic heterocycles. The van der Waals surface area contributed by atoms with Crippen LogP contribution < -0.4 is 0 Å². The minimum absolute atomic E-state index is 0.159. The second-order valence-electron chi connectivity index (χ2n) is 17.1. The highest BCUT2D eigenvalue weighted by Gasteiger charge is 2.39. The van der Waals surface area contributed by atoms with E-state index in [1.807, 2.05) is 29.6 Å². The van der Waals surface area contributed by atoms with E-state index in [1.165, 1.54) is 210 Å². The molecule has 302 valence electrons. The van der Waals surface area contributed by atoms with Gasteiger partial charge in [-0.05, 0) is 68.4 Å². The molecule has 0 radical (unpaired) electrons. The Kier molecular flexibility index (Phi) is 21.8. The zero-order valence-corrected chi connectivity index (χ0v) is 37.0. The number of Topliss-reactive ketones (excluding diaryl/α,β-unsaturated/α-hetero) is 2. The molecule has 0 saturated carbocycles. The first-order valence-corrected chi connectivity index (χ1v) is 24.8. The summed E-state index contributed by atoms with van der Waals surface area (Å²) in [6.07, 6.45) is 41.6. The van der Waals surface area contributed by atoms with Crippen molar-refractivity contribution < 1.29 is 9.59 Å². The smallest absolute Gasteiger partial charge is 0.168 e. The standard InChI is InChI=1S/C50H78O2S2/c1-5-7-9-11-13-15-17-19-21-23-25-27-29-31-33-41-36-40(4)53-50(41)46-37-42(34-32-30-28-26-24-22-20-18-16-14-12-10-8-6-2)49(54-46)43-38-45(52)47-39(3)35-44(51)48(43)47/h36-37H,5-35,38H2,1-4H3. The molecule has 0 unspecified atom stereocenters. The van der Waals surface area contributed by atoms with Gasteiger partial charge in [-0.2, -0.15) is 0 Å². The summed E-state index contributed by atoms with van der Waals surface area (Å²) < 4.78 is 0. The number of hydrogen-bond acceptors (Lipinski definition) is 4. The van der Waals surface area contributed by atoms with Crippen molar-refractivity contribution in [2.75, 3.05) is 0 Å². The van der Waals surface area contributed by atoms with Gasteiger partial charge in [-0.3, -0.25) is 9.59 Å². The number of carbonyl (C=O) groups is 2. The van der Waals surface area contributed by atoms with Gasteiger partial charge in [0.05, 0.1) is 0 Å². The summed E-state index contributed by atoms with van der Waals surface area (Å²) in [4.78, 5) is 31.8. The molecule has 0 saturated heterocycles. The minimum atomic E-state index is 0.159. The Morgan fingerprint density at radius 2 is 0.833 bits per heavy atom. The van der Waals surface area contributed by atoms with Gasteiger partial charge in [-0.1, -0.05) is 186 Å². The van der Waals surface area contributed by atoms with E-state index in [2.05, 4.69) is 32.9 Å². The van der Waals surface area contributed by atoms with Crippen molar-refractivity contribution in [2.24, 2.45) is 0 Å². The van der Waals surface area contributed by atoms with Crippen molar-refractivity contribution in [3.8, 4) is 9.75 Å². The number of unbranched alkanes of at least 4 members (excludes halogenated alkanes) is 26. The Hall–Kier alpha value is -1.78. The summed E-state index contributed by atoms with van der Waals surface area (Å²) >= 11 is 3.81. The van der Waals surface area contributed by atoms with E-state index in [-0.39, 0.29) is 11.6 Å². The molecule has 2 heterocycles. The summed E-state index contributed by atoms with van der Waals surface area (Å²) in [7, 11) is 0. The second kappa shape index (κ2) is 26.2. The summed E-state index contributed by atoms with van der Waals surface area (Å²) in [5.74, 6) is 0.317. The molecule has 0 aromatic carbocycles. The van der Waals surface area contributed by atoms with E-state index < -0.39 is 0 Å². The Bertz CT molecular complexity index is 1470. The molecule has 2 aromatic heterocycles. The van der Waals surface area contributed by atoms with Crippen molar-refractivity contribution in [2.45, 2.75) is 233 Å². The third kappa shape index (κ3) is 14.9. The number of hydrogen-bond donors (Lipinski definition) is 0. The largest absolute Gasteiger partial charge is 0.294 e. The van der Waals surface area contributed by atoms with Crippen LogP contribution in [0.2, 0.25) is 0 Å². The van der Waals surface area contributed by atoms with E-state index in [9.17, 15) is 9.59 Å². The summed E-state index contributed by atoms with van der Waals surface area (Å²) in [6.45, 7) is 8.83. The predicted octanol–water partition coefficient (Wildman–Crippen LogP) is 16.8. The third-order valence-corrected chi connectivity index (χ3v) is 14.6. The van der Waals surface area contributed by atoms with Gasteiger partial charge >= 0.3 is 0 Å². The molecular formula is C50H78O2S2. The maximum atomic E-state index is 13.2. The van der Waals surface area contributed by atoms with Crippen molar-refractivity contribution in [3.63, 3.8) is 0 Å². The first-order valence-electron chi connectivity index (χ1n) is 23.2. The maximum Gasteiger partial charge on any atom is 0.168 e. The quantitative estimate of drug-likeness (QED) is 0.0694. The molecule has 0 N–H and O–H groups in total. The number of allylic oxidation sites excluding steroid dienone is 4. The maximum absolute atomic E-state index is 13.2. The molecule has 0 atom stereocenters. The Morgan fingerprint density at radius 1 is 0.444 bits per heavy atom. The topological polar surface area (TPSA) is 34.1 Å². The molecule has 0 bridgehead atoms. The van der Waals surface area contributed by atoms with Crippen LogP contribution in [-0.4, -0.2) is 11.6 Å². The fourth-order valence-electron chi connectivity index (χ4n) is 8.96. The van der Waals surface area contributed by atoms with Crippen molar-refractivity contribution in [1.82, 2.24) is 0 Å². The van der Waals surface area contributed by atoms with Crippen LogP contribution in [0.5, 0.6) is 0 Å². The van der Waals surface area contributed by atoms with E-state index in [1.54, 1.807) is 0 Å². The first-order chi connectivity index (χ1) is 26.4. The third-order valence-electron chi connectivity index (χ3n) is 12.1. The van der Waals surface area contributed by atoms with E-state index in [0.29, 0.717) is 12.8 Å². The number of thiophene rings is 2. The van der Waals surface area contributed by atoms with Gasteiger partial charge in [-0.15, -0.1) is 22.7 Å². The number of ketones is 2. The Balaban J connectivity index is 1.26. The lowest BCUT2D eigenvalue weighted by Crippen LogP contribution is -1.97. The molecule has 2 aliphatic carbocycles. The van der Waals surface area contributed by atoms with Crippen LogP contribution in [0.4, 0.5) is 0 Å². The van der Waals surface area contributed by atoms with Crippen LogP contribution in [0.15, 0.2) is 28.9 Å². The zero-order chi connectivity index (χ0) is 38.4. The van der Waals surface area contributed by atoms with Gasteiger partial charge in [0.25, 0.3) is 0 Å². The lowest BCUT2D eigenvalue weighted by molar-refractivity contribution is -0.115. The molecule has 2 aromatic rings. The van der Waals surface area contributed by atoms with E-state index in [0.717, 1.165) is 35.1 Å². The van der Waals surface area contributed by atoms with Crippen LogP contribution in [-0.2, 0) is 22.4 Å². The summed E-state index contributed by atoms with van der Waals surface area (Å²) in [6, 6.07) is 4.88. The van der Waals surface area contributed by atoms with Gasteiger partial charge < -0.3 is 0 Å².